The summed E-state index contributed by atoms with van der Waals surface area (Å²) in [4.78, 5) is 10.6. The molecular formula is C6H9F3O4S. The van der Waals surface area contributed by atoms with E-state index < -0.39 is 33.5 Å². The second-order valence-corrected chi connectivity index (χ2v) is 4.42. The molecule has 0 bridgehead atoms. The lowest BCUT2D eigenvalue weighted by Crippen LogP contribution is -2.27. The molecule has 0 aliphatic carbocycles. The van der Waals surface area contributed by atoms with Crippen LogP contribution in [0, 0.1) is 0 Å². The van der Waals surface area contributed by atoms with Gasteiger partial charge in [0.2, 0.25) is 9.84 Å². The van der Waals surface area contributed by atoms with Crippen molar-refractivity contribution in [2.24, 2.45) is 0 Å². The number of halogens is 3. The Morgan fingerprint density at radius 2 is 1.86 bits per heavy atom. The normalized spacial score (nSPS) is 12.6. The molecule has 0 spiro atoms. The van der Waals surface area contributed by atoms with E-state index in [4.69, 9.17) is 0 Å². The first kappa shape index (κ1) is 13.2. The summed E-state index contributed by atoms with van der Waals surface area (Å²) in [5, 5.41) is 0. The van der Waals surface area contributed by atoms with E-state index in [0.717, 1.165) is 0 Å². The Hall–Kier alpha value is -0.790. The molecule has 0 N–H and O–H groups in total. The zero-order valence-electron chi connectivity index (χ0n) is 7.30. The van der Waals surface area contributed by atoms with Gasteiger partial charge in [-0.25, -0.2) is 8.42 Å². The highest BCUT2D eigenvalue weighted by molar-refractivity contribution is 7.92. The van der Waals surface area contributed by atoms with Crippen molar-refractivity contribution in [2.45, 2.75) is 18.9 Å². The van der Waals surface area contributed by atoms with E-state index in [-0.39, 0.29) is 6.61 Å². The lowest BCUT2D eigenvalue weighted by Gasteiger charge is -2.06. The van der Waals surface area contributed by atoms with Crippen LogP contribution in [0.15, 0.2) is 0 Å². The van der Waals surface area contributed by atoms with Gasteiger partial charge in [-0.3, -0.25) is 4.79 Å². The Bertz CT molecular complexity index is 293. The lowest BCUT2D eigenvalue weighted by molar-refractivity contribution is -0.142. The molecule has 0 atom stereocenters. The van der Waals surface area contributed by atoms with E-state index in [1.54, 1.807) is 0 Å². The molecule has 0 aliphatic heterocycles. The molecule has 0 fully saturated rings. The molecule has 0 aromatic rings. The van der Waals surface area contributed by atoms with Crippen LogP contribution in [0.5, 0.6) is 0 Å². The minimum absolute atomic E-state index is 0.00486. The Labute approximate surface area is 79.0 Å². The smallest absolute Gasteiger partial charge is 0.466 e. The quantitative estimate of drug-likeness (QED) is 0.677. The van der Waals surface area contributed by atoms with Gasteiger partial charge in [-0.05, 0) is 6.92 Å². The van der Waals surface area contributed by atoms with E-state index in [1.807, 2.05) is 0 Å². The number of hydrogen-bond acceptors (Lipinski definition) is 4. The summed E-state index contributed by atoms with van der Waals surface area (Å²) in [6, 6.07) is 0. The predicted molar refractivity (Wildman–Crippen MR) is 41.1 cm³/mol. The molecule has 0 unspecified atom stereocenters. The van der Waals surface area contributed by atoms with E-state index in [2.05, 4.69) is 4.74 Å². The highest BCUT2D eigenvalue weighted by Gasteiger charge is 2.45. The Morgan fingerprint density at radius 3 is 2.21 bits per heavy atom. The Balaban J connectivity index is 4.22. The molecule has 0 rings (SSSR count). The van der Waals surface area contributed by atoms with Crippen LogP contribution in [0.3, 0.4) is 0 Å². The zero-order valence-corrected chi connectivity index (χ0v) is 8.11. The number of alkyl halides is 3. The Morgan fingerprint density at radius 1 is 1.36 bits per heavy atom. The van der Waals surface area contributed by atoms with Crippen molar-refractivity contribution in [3.63, 3.8) is 0 Å². The highest BCUT2D eigenvalue weighted by atomic mass is 32.2. The van der Waals surface area contributed by atoms with Crippen LogP contribution in [-0.4, -0.2) is 32.3 Å². The van der Waals surface area contributed by atoms with Crippen LogP contribution < -0.4 is 0 Å². The third-order valence-corrected chi connectivity index (χ3v) is 2.68. The number of hydrogen-bond donors (Lipinski definition) is 0. The lowest BCUT2D eigenvalue weighted by atomic mass is 10.5. The number of sulfone groups is 1. The van der Waals surface area contributed by atoms with Gasteiger partial charge in [0.1, 0.15) is 0 Å². The van der Waals surface area contributed by atoms with Gasteiger partial charge in [-0.2, -0.15) is 13.2 Å². The zero-order chi connectivity index (χ0) is 11.4. The van der Waals surface area contributed by atoms with Gasteiger partial charge >= 0.3 is 11.5 Å². The van der Waals surface area contributed by atoms with Gasteiger partial charge in [0.15, 0.2) is 0 Å². The van der Waals surface area contributed by atoms with Crippen molar-refractivity contribution in [1.29, 1.82) is 0 Å². The molecule has 0 saturated carbocycles. The largest absolute Gasteiger partial charge is 0.497 e. The molecule has 14 heavy (non-hydrogen) atoms. The first-order valence-electron chi connectivity index (χ1n) is 3.65. The monoisotopic (exact) mass is 234 g/mol. The summed E-state index contributed by atoms with van der Waals surface area (Å²) in [6.45, 7) is 1.47. The molecule has 0 amide bonds. The average molecular weight is 234 g/mol. The van der Waals surface area contributed by atoms with Gasteiger partial charge in [-0.15, -0.1) is 0 Å². The molecule has 4 nitrogen and oxygen atoms in total. The van der Waals surface area contributed by atoms with Crippen LogP contribution in [0.25, 0.3) is 0 Å². The fraction of sp³-hybridized carbons (Fsp3) is 0.833. The topological polar surface area (TPSA) is 60.4 Å². The molecule has 0 aromatic heterocycles. The molecule has 0 heterocycles. The number of esters is 1. The van der Waals surface area contributed by atoms with Gasteiger partial charge in [0.25, 0.3) is 0 Å². The van der Waals surface area contributed by atoms with Gasteiger partial charge in [0, 0.05) is 0 Å². The van der Waals surface area contributed by atoms with E-state index in [1.165, 1.54) is 6.92 Å². The standard InChI is InChI=1S/C6H9F3O4S/c1-2-13-5(10)3-4-14(11,12)6(7,8)9/h2-4H2,1H3. The summed E-state index contributed by atoms with van der Waals surface area (Å²) >= 11 is 0. The van der Waals surface area contributed by atoms with Crippen LogP contribution in [0.2, 0.25) is 0 Å². The van der Waals surface area contributed by atoms with Crippen LogP contribution in [-0.2, 0) is 19.4 Å². The number of ether oxygens (including phenoxy) is 1. The third kappa shape index (κ3) is 3.95. The van der Waals surface area contributed by atoms with Crippen molar-refractivity contribution >= 4 is 15.8 Å². The molecular weight excluding hydrogens is 225 g/mol. The minimum Gasteiger partial charge on any atom is -0.466 e. The Kier molecular flexibility index (Phi) is 4.37. The maximum absolute atomic E-state index is 11.7. The minimum atomic E-state index is -5.31. The van der Waals surface area contributed by atoms with Crippen molar-refractivity contribution in [2.75, 3.05) is 12.4 Å². The fourth-order valence-electron chi connectivity index (χ4n) is 0.567. The van der Waals surface area contributed by atoms with Crippen LogP contribution in [0.4, 0.5) is 13.2 Å². The second-order valence-electron chi connectivity index (χ2n) is 2.32. The van der Waals surface area contributed by atoms with Crippen molar-refractivity contribution in [3.8, 4) is 0 Å². The van der Waals surface area contributed by atoms with Crippen molar-refractivity contribution in [1.82, 2.24) is 0 Å². The summed E-state index contributed by atoms with van der Waals surface area (Å²) < 4.78 is 60.3. The molecule has 0 radical (unpaired) electrons. The maximum Gasteiger partial charge on any atom is 0.497 e. The van der Waals surface area contributed by atoms with Crippen molar-refractivity contribution < 1.29 is 31.1 Å². The van der Waals surface area contributed by atoms with Crippen molar-refractivity contribution in [3.05, 3.63) is 0 Å². The van der Waals surface area contributed by atoms with E-state index >= 15 is 0 Å². The first-order chi connectivity index (χ1) is 6.20. The number of rotatable bonds is 4. The second kappa shape index (κ2) is 4.63. The predicted octanol–water partition coefficient (Wildman–Crippen LogP) is 0.874. The highest BCUT2D eigenvalue weighted by Crippen LogP contribution is 2.24. The fourth-order valence-corrected chi connectivity index (χ4v) is 1.23. The van der Waals surface area contributed by atoms with E-state index in [0.29, 0.717) is 0 Å². The summed E-state index contributed by atoms with van der Waals surface area (Å²) in [6.07, 6.45) is -0.782. The molecule has 0 aliphatic rings. The molecule has 0 saturated heterocycles. The summed E-state index contributed by atoms with van der Waals surface area (Å²) in [5.74, 6) is -2.23. The van der Waals surface area contributed by atoms with Gasteiger partial charge in [0.05, 0.1) is 18.8 Å². The number of carbonyl (C=O) groups is 1. The van der Waals surface area contributed by atoms with Gasteiger partial charge < -0.3 is 4.74 Å². The SMILES string of the molecule is CCOC(=O)CCS(=O)(=O)C(F)(F)F. The third-order valence-electron chi connectivity index (χ3n) is 1.23. The molecule has 84 valence electrons. The molecule has 0 aromatic carbocycles. The van der Waals surface area contributed by atoms with E-state index in [9.17, 15) is 26.4 Å². The number of carbonyl (C=O) groups excluding carboxylic acids is 1. The van der Waals surface area contributed by atoms with Crippen LogP contribution in [0.1, 0.15) is 13.3 Å². The summed E-state index contributed by atoms with van der Waals surface area (Å²) in [5.41, 5.74) is -5.31. The van der Waals surface area contributed by atoms with Gasteiger partial charge in [-0.1, -0.05) is 0 Å². The van der Waals surface area contributed by atoms with Crippen LogP contribution >= 0.6 is 0 Å². The maximum atomic E-state index is 11.7. The molecule has 8 heteroatoms. The average Bonchev–Trinajstić information content (AvgIpc) is 1.99. The summed E-state index contributed by atoms with van der Waals surface area (Å²) in [7, 11) is -5.21. The first-order valence-corrected chi connectivity index (χ1v) is 5.30.